The SMILES string of the molecule is CCOC(=O)C(NC(C)C)c1cccc2cccnc12. The molecule has 0 aliphatic rings. The van der Waals surface area contributed by atoms with E-state index in [4.69, 9.17) is 4.74 Å². The van der Waals surface area contributed by atoms with Gasteiger partial charge in [0.1, 0.15) is 6.04 Å². The summed E-state index contributed by atoms with van der Waals surface area (Å²) in [5.41, 5.74) is 1.69. The summed E-state index contributed by atoms with van der Waals surface area (Å²) < 4.78 is 5.18. The molecular weight excluding hydrogens is 252 g/mol. The Kier molecular flexibility index (Phi) is 4.69. The van der Waals surface area contributed by atoms with Crippen LogP contribution in [0.1, 0.15) is 32.4 Å². The average Bonchev–Trinajstić information content (AvgIpc) is 2.44. The molecule has 4 nitrogen and oxygen atoms in total. The van der Waals surface area contributed by atoms with Crippen molar-refractivity contribution in [2.24, 2.45) is 0 Å². The van der Waals surface area contributed by atoms with E-state index in [0.29, 0.717) is 6.61 Å². The topological polar surface area (TPSA) is 51.2 Å². The van der Waals surface area contributed by atoms with Crippen molar-refractivity contribution in [1.82, 2.24) is 10.3 Å². The van der Waals surface area contributed by atoms with Gasteiger partial charge in [0.05, 0.1) is 12.1 Å². The Morgan fingerprint density at radius 2 is 2.05 bits per heavy atom. The number of esters is 1. The number of aromatic nitrogens is 1. The molecule has 1 unspecified atom stereocenters. The summed E-state index contributed by atoms with van der Waals surface area (Å²) in [7, 11) is 0. The Balaban J connectivity index is 2.47. The first-order chi connectivity index (χ1) is 9.63. The van der Waals surface area contributed by atoms with Gasteiger partial charge in [0.25, 0.3) is 0 Å². The van der Waals surface area contributed by atoms with Crippen LogP contribution in [0, 0.1) is 0 Å². The zero-order valence-corrected chi connectivity index (χ0v) is 12.1. The Hall–Kier alpha value is -1.94. The number of nitrogens with zero attached hydrogens (tertiary/aromatic N) is 1. The van der Waals surface area contributed by atoms with Crippen LogP contribution in [-0.4, -0.2) is 23.6 Å². The molecule has 2 aromatic rings. The second kappa shape index (κ2) is 6.48. The van der Waals surface area contributed by atoms with Crippen molar-refractivity contribution in [3.8, 4) is 0 Å². The second-order valence-corrected chi connectivity index (χ2v) is 4.93. The molecule has 1 aromatic heterocycles. The van der Waals surface area contributed by atoms with Crippen LogP contribution in [0.4, 0.5) is 0 Å². The molecule has 0 saturated heterocycles. The summed E-state index contributed by atoms with van der Waals surface area (Å²) >= 11 is 0. The van der Waals surface area contributed by atoms with Crippen molar-refractivity contribution >= 4 is 16.9 Å². The maximum atomic E-state index is 12.2. The molecule has 0 saturated carbocycles. The molecule has 0 aliphatic carbocycles. The van der Waals surface area contributed by atoms with Gasteiger partial charge in [-0.3, -0.25) is 10.3 Å². The van der Waals surface area contributed by atoms with Crippen molar-refractivity contribution in [1.29, 1.82) is 0 Å². The van der Waals surface area contributed by atoms with Crippen molar-refractivity contribution in [2.75, 3.05) is 6.61 Å². The molecule has 0 bridgehead atoms. The lowest BCUT2D eigenvalue weighted by Crippen LogP contribution is -2.35. The predicted molar refractivity (Wildman–Crippen MR) is 79.4 cm³/mol. The van der Waals surface area contributed by atoms with Crippen LogP contribution in [-0.2, 0) is 9.53 Å². The first kappa shape index (κ1) is 14.5. The third kappa shape index (κ3) is 3.14. The highest BCUT2D eigenvalue weighted by Crippen LogP contribution is 2.24. The normalized spacial score (nSPS) is 12.6. The Bertz CT molecular complexity index is 591. The summed E-state index contributed by atoms with van der Waals surface area (Å²) in [6.07, 6.45) is 1.74. The first-order valence-corrected chi connectivity index (χ1v) is 6.89. The van der Waals surface area contributed by atoms with Crippen LogP contribution in [0.15, 0.2) is 36.5 Å². The van der Waals surface area contributed by atoms with Crippen molar-refractivity contribution in [2.45, 2.75) is 32.9 Å². The molecule has 2 rings (SSSR count). The van der Waals surface area contributed by atoms with Crippen LogP contribution < -0.4 is 5.32 Å². The molecule has 4 heteroatoms. The lowest BCUT2D eigenvalue weighted by molar-refractivity contribution is -0.146. The van der Waals surface area contributed by atoms with Crippen LogP contribution in [0.25, 0.3) is 10.9 Å². The molecule has 1 heterocycles. The molecule has 0 aliphatic heterocycles. The second-order valence-electron chi connectivity index (χ2n) is 4.93. The lowest BCUT2D eigenvalue weighted by atomic mass is 10.0. The lowest BCUT2D eigenvalue weighted by Gasteiger charge is -2.21. The van der Waals surface area contributed by atoms with Crippen LogP contribution in [0.2, 0.25) is 0 Å². The Morgan fingerprint density at radius 3 is 2.75 bits per heavy atom. The van der Waals surface area contributed by atoms with Crippen molar-refractivity contribution < 1.29 is 9.53 Å². The maximum absolute atomic E-state index is 12.2. The zero-order valence-electron chi connectivity index (χ0n) is 12.1. The van der Waals surface area contributed by atoms with Gasteiger partial charge in [-0.1, -0.05) is 24.3 Å². The van der Waals surface area contributed by atoms with E-state index in [1.807, 2.05) is 51.1 Å². The third-order valence-electron chi connectivity index (χ3n) is 3.00. The predicted octanol–water partition coefficient (Wildman–Crippen LogP) is 2.84. The monoisotopic (exact) mass is 272 g/mol. The molecule has 1 aromatic carbocycles. The van der Waals surface area contributed by atoms with Gasteiger partial charge in [-0.15, -0.1) is 0 Å². The van der Waals surface area contributed by atoms with E-state index in [2.05, 4.69) is 10.3 Å². The van der Waals surface area contributed by atoms with E-state index in [1.54, 1.807) is 6.20 Å². The summed E-state index contributed by atoms with van der Waals surface area (Å²) in [6, 6.07) is 9.41. The number of para-hydroxylation sites is 1. The summed E-state index contributed by atoms with van der Waals surface area (Å²) in [4.78, 5) is 16.6. The highest BCUT2D eigenvalue weighted by Gasteiger charge is 2.24. The number of pyridine rings is 1. The van der Waals surface area contributed by atoms with Crippen LogP contribution in [0.5, 0.6) is 0 Å². The number of hydrogen-bond acceptors (Lipinski definition) is 4. The van der Waals surface area contributed by atoms with Gasteiger partial charge in [-0.05, 0) is 26.8 Å². The molecule has 0 fully saturated rings. The molecule has 1 atom stereocenters. The van der Waals surface area contributed by atoms with Gasteiger partial charge in [0.15, 0.2) is 0 Å². The van der Waals surface area contributed by atoms with Crippen molar-refractivity contribution in [3.63, 3.8) is 0 Å². The summed E-state index contributed by atoms with van der Waals surface area (Å²) in [6.45, 7) is 6.19. The quantitative estimate of drug-likeness (QED) is 0.850. The van der Waals surface area contributed by atoms with E-state index in [1.165, 1.54) is 0 Å². The molecule has 20 heavy (non-hydrogen) atoms. The van der Waals surface area contributed by atoms with Crippen LogP contribution >= 0.6 is 0 Å². The fourth-order valence-electron chi connectivity index (χ4n) is 2.20. The number of rotatable bonds is 5. The van der Waals surface area contributed by atoms with Gasteiger partial charge in [0.2, 0.25) is 0 Å². The number of carbonyl (C=O) groups is 1. The summed E-state index contributed by atoms with van der Waals surface area (Å²) in [5.74, 6) is -0.264. The van der Waals surface area contributed by atoms with E-state index < -0.39 is 6.04 Å². The third-order valence-corrected chi connectivity index (χ3v) is 3.00. The number of carbonyl (C=O) groups excluding carboxylic acids is 1. The minimum absolute atomic E-state index is 0.170. The number of benzene rings is 1. The molecule has 0 radical (unpaired) electrons. The summed E-state index contributed by atoms with van der Waals surface area (Å²) in [5, 5.41) is 4.28. The minimum atomic E-state index is -0.492. The molecular formula is C16H20N2O2. The minimum Gasteiger partial charge on any atom is -0.465 e. The number of nitrogens with one attached hydrogen (secondary N) is 1. The fraction of sp³-hybridized carbons (Fsp3) is 0.375. The van der Waals surface area contributed by atoms with E-state index in [9.17, 15) is 4.79 Å². The smallest absolute Gasteiger partial charge is 0.327 e. The van der Waals surface area contributed by atoms with Gasteiger partial charge < -0.3 is 4.74 Å². The molecule has 106 valence electrons. The standard InChI is InChI=1S/C16H20N2O2/c1-4-20-16(19)15(18-11(2)3)13-9-5-7-12-8-6-10-17-14(12)13/h5-11,15,18H,4H2,1-3H3. The van der Waals surface area contributed by atoms with Gasteiger partial charge in [-0.2, -0.15) is 0 Å². The highest BCUT2D eigenvalue weighted by molar-refractivity contribution is 5.88. The molecule has 0 spiro atoms. The van der Waals surface area contributed by atoms with Gasteiger partial charge in [0, 0.05) is 23.2 Å². The van der Waals surface area contributed by atoms with E-state index >= 15 is 0 Å². The number of ether oxygens (including phenoxy) is 1. The van der Waals surface area contributed by atoms with Crippen molar-refractivity contribution in [3.05, 3.63) is 42.1 Å². The Morgan fingerprint density at radius 1 is 1.30 bits per heavy atom. The van der Waals surface area contributed by atoms with Gasteiger partial charge >= 0.3 is 5.97 Å². The average molecular weight is 272 g/mol. The first-order valence-electron chi connectivity index (χ1n) is 6.89. The van der Waals surface area contributed by atoms with Crippen LogP contribution in [0.3, 0.4) is 0 Å². The zero-order chi connectivity index (χ0) is 14.5. The largest absolute Gasteiger partial charge is 0.465 e. The molecule has 1 N–H and O–H groups in total. The Labute approximate surface area is 119 Å². The highest BCUT2D eigenvalue weighted by atomic mass is 16.5. The van der Waals surface area contributed by atoms with Gasteiger partial charge in [-0.25, -0.2) is 4.79 Å². The number of hydrogen-bond donors (Lipinski definition) is 1. The maximum Gasteiger partial charge on any atom is 0.327 e. The van der Waals surface area contributed by atoms with E-state index in [0.717, 1.165) is 16.5 Å². The number of fused-ring (bicyclic) bond motifs is 1. The molecule has 0 amide bonds. The fourth-order valence-corrected chi connectivity index (χ4v) is 2.20. The van der Waals surface area contributed by atoms with E-state index in [-0.39, 0.29) is 12.0 Å².